The Morgan fingerprint density at radius 1 is 1.24 bits per heavy atom. The quantitative estimate of drug-likeness (QED) is 0.752. The van der Waals surface area contributed by atoms with Crippen molar-refractivity contribution < 1.29 is 4.79 Å². The number of aromatic amines is 1. The van der Waals surface area contributed by atoms with Crippen LogP contribution in [0.3, 0.4) is 0 Å². The highest BCUT2D eigenvalue weighted by Crippen LogP contribution is 2.43. The molecule has 3 rings (SSSR count). The maximum Gasteiger partial charge on any atom is 0.330 e. The third-order valence-electron chi connectivity index (χ3n) is 5.85. The molecule has 1 heterocycles. The first-order chi connectivity index (χ1) is 13.8. The van der Waals surface area contributed by atoms with Gasteiger partial charge in [-0.15, -0.1) is 0 Å². The van der Waals surface area contributed by atoms with Gasteiger partial charge in [0.05, 0.1) is 5.41 Å². The molecule has 0 bridgehead atoms. The number of aromatic nitrogens is 2. The van der Waals surface area contributed by atoms with E-state index in [9.17, 15) is 14.4 Å². The lowest BCUT2D eigenvalue weighted by molar-refractivity contribution is -0.123. The van der Waals surface area contributed by atoms with Gasteiger partial charge in [0.1, 0.15) is 5.82 Å². The van der Waals surface area contributed by atoms with Crippen LogP contribution in [0.4, 0.5) is 11.5 Å². The number of amides is 1. The van der Waals surface area contributed by atoms with Crippen molar-refractivity contribution in [2.75, 3.05) is 17.7 Å². The zero-order chi connectivity index (χ0) is 21.2. The number of hydrogen-bond donors (Lipinski definition) is 2. The maximum absolute atomic E-state index is 13.7. The van der Waals surface area contributed by atoms with Crippen molar-refractivity contribution in [1.29, 1.82) is 0 Å². The predicted molar refractivity (Wildman–Crippen MR) is 116 cm³/mol. The molecule has 2 aromatic rings. The van der Waals surface area contributed by atoms with Crippen molar-refractivity contribution in [2.45, 2.75) is 57.4 Å². The molecule has 3 N–H and O–H groups in total. The lowest BCUT2D eigenvalue weighted by Gasteiger charge is -2.33. The Balaban J connectivity index is 2.06. The molecule has 7 nitrogen and oxygen atoms in total. The summed E-state index contributed by atoms with van der Waals surface area (Å²) in [5, 5.41) is 0.603. The van der Waals surface area contributed by atoms with E-state index in [0.717, 1.165) is 31.2 Å². The van der Waals surface area contributed by atoms with Crippen molar-refractivity contribution in [1.82, 2.24) is 9.55 Å². The van der Waals surface area contributed by atoms with Crippen LogP contribution >= 0.6 is 11.6 Å². The van der Waals surface area contributed by atoms with Crippen LogP contribution in [0, 0.1) is 0 Å². The number of likely N-dealkylation sites (N-methyl/N-ethyl adjacent to an activating group) is 1. The topological polar surface area (TPSA) is 101 Å². The molecule has 156 valence electrons. The lowest BCUT2D eigenvalue weighted by atomic mass is 9.77. The van der Waals surface area contributed by atoms with Gasteiger partial charge in [0, 0.05) is 18.6 Å². The van der Waals surface area contributed by atoms with Crippen LogP contribution in [0.1, 0.15) is 51.0 Å². The lowest BCUT2D eigenvalue weighted by Crippen LogP contribution is -2.47. The summed E-state index contributed by atoms with van der Waals surface area (Å²) in [5.41, 5.74) is 5.15. The minimum Gasteiger partial charge on any atom is -0.383 e. The number of rotatable bonds is 6. The van der Waals surface area contributed by atoms with E-state index in [1.165, 1.54) is 9.47 Å². The van der Waals surface area contributed by atoms with Crippen LogP contribution in [0.5, 0.6) is 0 Å². The van der Waals surface area contributed by atoms with E-state index in [1.54, 1.807) is 19.2 Å². The maximum atomic E-state index is 13.7. The van der Waals surface area contributed by atoms with Gasteiger partial charge in [-0.1, -0.05) is 49.9 Å². The minimum atomic E-state index is -0.734. The number of nitrogen functional groups attached to an aromatic ring is 1. The zero-order valence-electron chi connectivity index (χ0n) is 16.8. The van der Waals surface area contributed by atoms with Crippen LogP contribution in [0.2, 0.25) is 5.02 Å². The summed E-state index contributed by atoms with van der Waals surface area (Å²) in [5.74, 6) is -0.178. The van der Waals surface area contributed by atoms with Gasteiger partial charge in [-0.3, -0.25) is 19.1 Å². The second kappa shape index (κ2) is 8.45. The molecule has 0 spiro atoms. The summed E-state index contributed by atoms with van der Waals surface area (Å²) in [6.07, 6.45) is 4.82. The number of carbonyl (C=O) groups is 1. The Bertz CT molecular complexity index is 1000. The van der Waals surface area contributed by atoms with Gasteiger partial charge in [0.25, 0.3) is 5.56 Å². The van der Waals surface area contributed by atoms with E-state index in [2.05, 4.69) is 4.98 Å². The summed E-state index contributed by atoms with van der Waals surface area (Å²) in [7, 11) is 1.55. The molecular weight excluding hydrogens is 392 g/mol. The first kappa shape index (κ1) is 21.2. The van der Waals surface area contributed by atoms with E-state index in [0.29, 0.717) is 24.4 Å². The fourth-order valence-electron chi connectivity index (χ4n) is 4.24. The fraction of sp³-hybridized carbons (Fsp3) is 0.476. The number of nitrogens with one attached hydrogen (secondary N) is 1. The van der Waals surface area contributed by atoms with Gasteiger partial charge in [-0.25, -0.2) is 4.79 Å². The third-order valence-corrected chi connectivity index (χ3v) is 6.10. The molecular formula is C21H27ClN4O3. The summed E-state index contributed by atoms with van der Waals surface area (Å²) in [6.45, 7) is 2.38. The smallest absolute Gasteiger partial charge is 0.330 e. The van der Waals surface area contributed by atoms with Crippen molar-refractivity contribution in [3.05, 3.63) is 55.7 Å². The summed E-state index contributed by atoms with van der Waals surface area (Å²) < 4.78 is 1.33. The highest BCUT2D eigenvalue weighted by Gasteiger charge is 2.45. The fourth-order valence-corrected chi connectivity index (χ4v) is 4.36. The molecule has 8 heteroatoms. The average molecular weight is 419 g/mol. The van der Waals surface area contributed by atoms with Crippen molar-refractivity contribution in [3.8, 4) is 0 Å². The normalized spacial score (nSPS) is 15.4. The van der Waals surface area contributed by atoms with Crippen molar-refractivity contribution >= 4 is 29.0 Å². The van der Waals surface area contributed by atoms with Crippen LogP contribution in [-0.4, -0.2) is 22.5 Å². The molecule has 0 atom stereocenters. The number of halogens is 1. The van der Waals surface area contributed by atoms with Crippen molar-refractivity contribution in [2.24, 2.45) is 0 Å². The van der Waals surface area contributed by atoms with Gasteiger partial charge >= 0.3 is 5.69 Å². The van der Waals surface area contributed by atoms with Crippen LogP contribution in [-0.2, 0) is 16.8 Å². The minimum absolute atomic E-state index is 0.0194. The number of nitrogens with two attached hydrogens (primary N) is 1. The van der Waals surface area contributed by atoms with Crippen LogP contribution < -0.4 is 21.9 Å². The van der Waals surface area contributed by atoms with Crippen LogP contribution in [0.25, 0.3) is 0 Å². The van der Waals surface area contributed by atoms with Crippen molar-refractivity contribution in [3.63, 3.8) is 0 Å². The molecule has 1 aromatic carbocycles. The van der Waals surface area contributed by atoms with Gasteiger partial charge < -0.3 is 10.6 Å². The first-order valence-electron chi connectivity index (χ1n) is 9.98. The summed E-state index contributed by atoms with van der Waals surface area (Å²) in [4.78, 5) is 42.1. The molecule has 1 aliphatic rings. The third kappa shape index (κ3) is 3.83. The van der Waals surface area contributed by atoms with E-state index in [4.69, 9.17) is 17.3 Å². The van der Waals surface area contributed by atoms with E-state index >= 15 is 0 Å². The van der Waals surface area contributed by atoms with E-state index in [-0.39, 0.29) is 17.4 Å². The standard InChI is InChI=1S/C21H27ClN4O3/c1-3-4-13-26-17(23)16(18(27)24-20(26)29)25(2)19(28)21(11-5-6-12-21)14-7-9-15(22)10-8-14/h7-10H,3-6,11-13,23H2,1-2H3,(H,24,27,29). The zero-order valence-corrected chi connectivity index (χ0v) is 17.6. The molecule has 1 aromatic heterocycles. The molecule has 0 radical (unpaired) electrons. The monoisotopic (exact) mass is 418 g/mol. The summed E-state index contributed by atoms with van der Waals surface area (Å²) in [6, 6.07) is 7.29. The largest absolute Gasteiger partial charge is 0.383 e. The average Bonchev–Trinajstić information content (AvgIpc) is 3.18. The Morgan fingerprint density at radius 3 is 2.45 bits per heavy atom. The second-order valence-electron chi connectivity index (χ2n) is 7.66. The molecule has 1 fully saturated rings. The van der Waals surface area contributed by atoms with Gasteiger partial charge in [-0.2, -0.15) is 0 Å². The number of benzene rings is 1. The number of carbonyl (C=O) groups excluding carboxylic acids is 1. The molecule has 0 aliphatic heterocycles. The Morgan fingerprint density at radius 2 is 1.86 bits per heavy atom. The first-order valence-corrected chi connectivity index (χ1v) is 10.4. The Kier molecular flexibility index (Phi) is 6.17. The van der Waals surface area contributed by atoms with Gasteiger partial charge in [0.2, 0.25) is 5.91 Å². The number of nitrogens with zero attached hydrogens (tertiary/aromatic N) is 2. The number of H-pyrrole nitrogens is 1. The highest BCUT2D eigenvalue weighted by atomic mass is 35.5. The predicted octanol–water partition coefficient (Wildman–Crippen LogP) is 3.05. The summed E-state index contributed by atoms with van der Waals surface area (Å²) >= 11 is 6.03. The van der Waals surface area contributed by atoms with E-state index < -0.39 is 16.7 Å². The van der Waals surface area contributed by atoms with Gasteiger partial charge in [-0.05, 0) is 37.0 Å². The van der Waals surface area contributed by atoms with E-state index in [1.807, 2.05) is 19.1 Å². The number of anilines is 2. The molecule has 1 saturated carbocycles. The Labute approximate surface area is 174 Å². The number of unbranched alkanes of at least 4 members (excludes halogenated alkanes) is 1. The Hall–Kier alpha value is -2.54. The second-order valence-corrected chi connectivity index (χ2v) is 8.10. The number of hydrogen-bond acceptors (Lipinski definition) is 4. The van der Waals surface area contributed by atoms with Crippen LogP contribution in [0.15, 0.2) is 33.9 Å². The van der Waals surface area contributed by atoms with Gasteiger partial charge in [0.15, 0.2) is 5.69 Å². The SMILES string of the molecule is CCCCn1c(N)c(N(C)C(=O)C2(c3ccc(Cl)cc3)CCCC2)c(=O)[nH]c1=O. The molecule has 0 saturated heterocycles. The molecule has 0 unspecified atom stereocenters. The molecule has 1 amide bonds. The molecule has 1 aliphatic carbocycles. The highest BCUT2D eigenvalue weighted by molar-refractivity contribution is 6.30. The molecule has 29 heavy (non-hydrogen) atoms.